The molecule has 2 rings (SSSR count). The van der Waals surface area contributed by atoms with Crippen molar-refractivity contribution in [2.75, 3.05) is 5.73 Å². The largest absolute Gasteiger partial charge is 0.396 e. The molecule has 0 saturated carbocycles. The van der Waals surface area contributed by atoms with Crippen molar-refractivity contribution in [1.82, 2.24) is 9.97 Å². The van der Waals surface area contributed by atoms with Crippen molar-refractivity contribution in [3.63, 3.8) is 0 Å². The van der Waals surface area contributed by atoms with E-state index in [0.717, 1.165) is 12.2 Å². The minimum absolute atomic E-state index is 0.602. The van der Waals surface area contributed by atoms with Gasteiger partial charge in [0, 0.05) is 6.42 Å². The highest BCUT2D eigenvalue weighted by Gasteiger charge is 2.04. The van der Waals surface area contributed by atoms with Crippen LogP contribution in [0.5, 0.6) is 0 Å². The van der Waals surface area contributed by atoms with Gasteiger partial charge in [0.1, 0.15) is 5.82 Å². The zero-order chi connectivity index (χ0) is 12.4. The summed E-state index contributed by atoms with van der Waals surface area (Å²) < 4.78 is 0. The maximum Gasteiger partial charge on any atom is 0.132 e. The Labute approximate surface area is 102 Å². The maximum atomic E-state index is 5.57. The number of anilines is 1. The highest BCUT2D eigenvalue weighted by molar-refractivity contribution is 5.38. The smallest absolute Gasteiger partial charge is 0.132 e. The molecule has 1 aromatic heterocycles. The second-order valence-corrected chi connectivity index (χ2v) is 4.47. The first kappa shape index (κ1) is 11.6. The summed E-state index contributed by atoms with van der Waals surface area (Å²) in [6.07, 6.45) is 4.06. The Morgan fingerprint density at radius 2 is 1.53 bits per heavy atom. The molecule has 0 amide bonds. The number of benzene rings is 1. The fourth-order valence-corrected chi connectivity index (χ4v) is 1.84. The van der Waals surface area contributed by atoms with Crippen LogP contribution < -0.4 is 5.73 Å². The van der Waals surface area contributed by atoms with Crippen LogP contribution >= 0.6 is 0 Å². The molecule has 0 aliphatic rings. The molecule has 17 heavy (non-hydrogen) atoms. The minimum Gasteiger partial charge on any atom is -0.396 e. The highest BCUT2D eigenvalue weighted by atomic mass is 14.9. The molecule has 0 spiro atoms. The topological polar surface area (TPSA) is 51.8 Å². The second-order valence-electron chi connectivity index (χ2n) is 4.47. The number of hydrogen-bond donors (Lipinski definition) is 1. The normalized spacial score (nSPS) is 10.5. The van der Waals surface area contributed by atoms with Gasteiger partial charge in [0.25, 0.3) is 0 Å². The van der Waals surface area contributed by atoms with E-state index in [0.29, 0.717) is 5.69 Å². The van der Waals surface area contributed by atoms with E-state index in [1.54, 1.807) is 12.4 Å². The van der Waals surface area contributed by atoms with Gasteiger partial charge in [0.2, 0.25) is 0 Å². The summed E-state index contributed by atoms with van der Waals surface area (Å²) in [4.78, 5) is 8.46. The standard InChI is InChI=1S/C14H17N3/c1-9-4-11(3)12(5-10(9)2)6-14-16-7-13(15)8-17-14/h4-5,7-8H,6,15H2,1-3H3. The van der Waals surface area contributed by atoms with Crippen molar-refractivity contribution >= 4 is 5.69 Å². The van der Waals surface area contributed by atoms with Gasteiger partial charge >= 0.3 is 0 Å². The van der Waals surface area contributed by atoms with Crippen molar-refractivity contribution in [3.05, 3.63) is 52.6 Å². The number of nitrogens with zero attached hydrogens (tertiary/aromatic N) is 2. The van der Waals surface area contributed by atoms with Crippen molar-refractivity contribution in [3.8, 4) is 0 Å². The summed E-state index contributed by atoms with van der Waals surface area (Å²) >= 11 is 0. The maximum absolute atomic E-state index is 5.57. The van der Waals surface area contributed by atoms with Crippen LogP contribution in [0.2, 0.25) is 0 Å². The molecular weight excluding hydrogens is 210 g/mol. The molecule has 0 radical (unpaired) electrons. The zero-order valence-electron chi connectivity index (χ0n) is 10.5. The zero-order valence-corrected chi connectivity index (χ0v) is 10.5. The molecular formula is C14H17N3. The van der Waals surface area contributed by atoms with Crippen LogP contribution in [-0.4, -0.2) is 9.97 Å². The fourth-order valence-electron chi connectivity index (χ4n) is 1.84. The monoisotopic (exact) mass is 227 g/mol. The van der Waals surface area contributed by atoms with E-state index < -0.39 is 0 Å². The van der Waals surface area contributed by atoms with Crippen LogP contribution in [0.4, 0.5) is 5.69 Å². The van der Waals surface area contributed by atoms with Crippen LogP contribution in [-0.2, 0) is 6.42 Å². The highest BCUT2D eigenvalue weighted by Crippen LogP contribution is 2.17. The van der Waals surface area contributed by atoms with Crippen LogP contribution in [0.15, 0.2) is 24.5 Å². The molecule has 0 atom stereocenters. The predicted molar refractivity (Wildman–Crippen MR) is 69.9 cm³/mol. The summed E-state index contributed by atoms with van der Waals surface area (Å²) in [5.74, 6) is 0.811. The molecule has 0 aliphatic carbocycles. The summed E-state index contributed by atoms with van der Waals surface area (Å²) in [5, 5.41) is 0. The number of aromatic nitrogens is 2. The van der Waals surface area contributed by atoms with Gasteiger partial charge in [-0.1, -0.05) is 12.1 Å². The summed E-state index contributed by atoms with van der Waals surface area (Å²) in [6, 6.07) is 4.42. The fraction of sp³-hybridized carbons (Fsp3) is 0.286. The van der Waals surface area contributed by atoms with E-state index in [-0.39, 0.29) is 0 Å². The quantitative estimate of drug-likeness (QED) is 0.857. The Kier molecular flexibility index (Phi) is 3.09. The number of aryl methyl sites for hydroxylation is 3. The van der Waals surface area contributed by atoms with Gasteiger partial charge in [0.15, 0.2) is 0 Å². The third-order valence-electron chi connectivity index (χ3n) is 3.03. The molecule has 2 aromatic rings. The van der Waals surface area contributed by atoms with Gasteiger partial charge < -0.3 is 5.73 Å². The van der Waals surface area contributed by atoms with Gasteiger partial charge in [-0.3, -0.25) is 0 Å². The Morgan fingerprint density at radius 3 is 2.18 bits per heavy atom. The number of hydrogen-bond acceptors (Lipinski definition) is 3. The van der Waals surface area contributed by atoms with E-state index in [4.69, 9.17) is 5.73 Å². The van der Waals surface area contributed by atoms with Crippen LogP contribution in [0.1, 0.15) is 28.1 Å². The number of nitrogens with two attached hydrogens (primary N) is 1. The third kappa shape index (κ3) is 2.61. The van der Waals surface area contributed by atoms with Gasteiger partial charge in [0.05, 0.1) is 18.1 Å². The summed E-state index contributed by atoms with van der Waals surface area (Å²) in [6.45, 7) is 6.38. The van der Waals surface area contributed by atoms with E-state index in [1.165, 1.54) is 22.3 Å². The summed E-state index contributed by atoms with van der Waals surface area (Å²) in [7, 11) is 0. The molecule has 88 valence electrons. The average Bonchev–Trinajstić information content (AvgIpc) is 2.29. The molecule has 0 aliphatic heterocycles. The first-order valence-electron chi connectivity index (χ1n) is 5.69. The molecule has 0 bridgehead atoms. The van der Waals surface area contributed by atoms with Gasteiger partial charge in [-0.2, -0.15) is 0 Å². The van der Waals surface area contributed by atoms with Crippen LogP contribution in [0.25, 0.3) is 0 Å². The van der Waals surface area contributed by atoms with Crippen molar-refractivity contribution in [2.45, 2.75) is 27.2 Å². The van der Waals surface area contributed by atoms with Crippen molar-refractivity contribution in [1.29, 1.82) is 0 Å². The lowest BCUT2D eigenvalue weighted by atomic mass is 9.98. The third-order valence-corrected chi connectivity index (χ3v) is 3.03. The Bertz CT molecular complexity index is 530. The molecule has 1 heterocycles. The molecule has 0 unspecified atom stereocenters. The molecule has 3 heteroatoms. The van der Waals surface area contributed by atoms with Gasteiger partial charge in [-0.15, -0.1) is 0 Å². The predicted octanol–water partition coefficient (Wildman–Crippen LogP) is 2.57. The number of rotatable bonds is 2. The molecule has 3 nitrogen and oxygen atoms in total. The lowest BCUT2D eigenvalue weighted by Gasteiger charge is -2.09. The van der Waals surface area contributed by atoms with E-state index in [1.807, 2.05) is 0 Å². The molecule has 0 saturated heterocycles. The lowest BCUT2D eigenvalue weighted by molar-refractivity contribution is 0.960. The Morgan fingerprint density at radius 1 is 0.941 bits per heavy atom. The molecule has 0 fully saturated rings. The van der Waals surface area contributed by atoms with E-state index in [2.05, 4.69) is 42.9 Å². The second kappa shape index (κ2) is 4.53. The van der Waals surface area contributed by atoms with Gasteiger partial charge in [-0.25, -0.2) is 9.97 Å². The van der Waals surface area contributed by atoms with E-state index >= 15 is 0 Å². The lowest BCUT2D eigenvalue weighted by Crippen LogP contribution is -2.00. The Hall–Kier alpha value is -1.90. The summed E-state index contributed by atoms with van der Waals surface area (Å²) in [5.41, 5.74) is 11.4. The molecule has 2 N–H and O–H groups in total. The molecule has 1 aromatic carbocycles. The first-order chi connectivity index (χ1) is 8.06. The van der Waals surface area contributed by atoms with Crippen LogP contribution in [0.3, 0.4) is 0 Å². The Balaban J connectivity index is 2.30. The van der Waals surface area contributed by atoms with Crippen LogP contribution in [0, 0.1) is 20.8 Å². The first-order valence-corrected chi connectivity index (χ1v) is 5.69. The minimum atomic E-state index is 0.602. The van der Waals surface area contributed by atoms with E-state index in [9.17, 15) is 0 Å². The van der Waals surface area contributed by atoms with Crippen molar-refractivity contribution in [2.24, 2.45) is 0 Å². The van der Waals surface area contributed by atoms with Gasteiger partial charge in [-0.05, 0) is 43.0 Å². The average molecular weight is 227 g/mol. The SMILES string of the molecule is Cc1cc(C)c(Cc2ncc(N)cn2)cc1C. The van der Waals surface area contributed by atoms with Crippen molar-refractivity contribution < 1.29 is 0 Å². The number of nitrogen functional groups attached to an aromatic ring is 1.